The first-order valence-electron chi connectivity index (χ1n) is 9.91. The van der Waals surface area contributed by atoms with Crippen molar-refractivity contribution in [3.05, 3.63) is 29.7 Å². The first-order valence-corrected chi connectivity index (χ1v) is 10.3. The average Bonchev–Trinajstić information content (AvgIpc) is 3.30. The number of carbonyl (C=O) groups excluding carboxylic acids is 1. The van der Waals surface area contributed by atoms with Crippen molar-refractivity contribution in [1.29, 1.82) is 0 Å². The Balaban J connectivity index is 1.46. The molecule has 4 rings (SSSR count). The molecule has 9 heteroatoms. The highest BCUT2D eigenvalue weighted by Crippen LogP contribution is 2.28. The monoisotopic (exact) mass is 417 g/mol. The number of aromatic nitrogens is 3. The Kier molecular flexibility index (Phi) is 6.53. The molecular weight excluding hydrogens is 394 g/mol. The van der Waals surface area contributed by atoms with Crippen LogP contribution < -0.4 is 10.6 Å². The van der Waals surface area contributed by atoms with E-state index in [1.807, 2.05) is 0 Å². The minimum Gasteiger partial charge on any atom is -0.381 e. The zero-order valence-corrected chi connectivity index (χ0v) is 16.8. The van der Waals surface area contributed by atoms with Gasteiger partial charge in [0.1, 0.15) is 17.7 Å². The molecule has 2 saturated heterocycles. The molecule has 2 N–H and O–H groups in total. The van der Waals surface area contributed by atoms with Crippen molar-refractivity contribution < 1.29 is 14.3 Å². The Labute approximate surface area is 174 Å². The summed E-state index contributed by atoms with van der Waals surface area (Å²) in [5.41, 5.74) is 1.27. The largest absolute Gasteiger partial charge is 0.381 e. The number of nitrogens with zero attached hydrogens (tertiary/aromatic N) is 3. The molecule has 0 spiro atoms. The van der Waals surface area contributed by atoms with Crippen molar-refractivity contribution in [1.82, 2.24) is 15.0 Å². The van der Waals surface area contributed by atoms with E-state index in [1.54, 1.807) is 18.5 Å². The van der Waals surface area contributed by atoms with Crippen molar-refractivity contribution in [2.45, 2.75) is 31.8 Å². The van der Waals surface area contributed by atoms with Crippen LogP contribution in [0.3, 0.4) is 0 Å². The van der Waals surface area contributed by atoms with E-state index in [0.29, 0.717) is 40.4 Å². The molecule has 2 fully saturated rings. The highest BCUT2D eigenvalue weighted by atomic mass is 35.5. The van der Waals surface area contributed by atoms with Gasteiger partial charge in [-0.15, -0.1) is 0 Å². The zero-order valence-electron chi connectivity index (χ0n) is 16.1. The van der Waals surface area contributed by atoms with Crippen LogP contribution in [0.15, 0.2) is 24.7 Å². The second-order valence-electron chi connectivity index (χ2n) is 7.27. The molecular formula is C20H24ClN5O3. The molecule has 0 aromatic carbocycles. The number of amides is 1. The van der Waals surface area contributed by atoms with Gasteiger partial charge in [0.05, 0.1) is 23.1 Å². The highest BCUT2D eigenvalue weighted by Gasteiger charge is 2.24. The number of carbonyl (C=O) groups is 1. The maximum atomic E-state index is 12.3. The van der Waals surface area contributed by atoms with Gasteiger partial charge in [0.25, 0.3) is 5.91 Å². The molecule has 4 heterocycles. The Morgan fingerprint density at radius 3 is 2.79 bits per heavy atom. The van der Waals surface area contributed by atoms with Crippen molar-refractivity contribution in [2.24, 2.45) is 5.92 Å². The number of hydrogen-bond donors (Lipinski definition) is 2. The van der Waals surface area contributed by atoms with E-state index < -0.39 is 6.10 Å². The van der Waals surface area contributed by atoms with Crippen LogP contribution in [0.1, 0.15) is 25.7 Å². The number of halogens is 1. The zero-order chi connectivity index (χ0) is 20.1. The lowest BCUT2D eigenvalue weighted by Gasteiger charge is -2.22. The summed E-state index contributed by atoms with van der Waals surface area (Å²) >= 11 is 6.34. The molecule has 154 valence electrons. The van der Waals surface area contributed by atoms with Gasteiger partial charge in [-0.1, -0.05) is 11.6 Å². The molecule has 8 nitrogen and oxygen atoms in total. The van der Waals surface area contributed by atoms with E-state index in [2.05, 4.69) is 25.6 Å². The second kappa shape index (κ2) is 9.47. The smallest absolute Gasteiger partial charge is 0.254 e. The number of anilines is 2. The lowest BCUT2D eigenvalue weighted by Crippen LogP contribution is -2.27. The third kappa shape index (κ3) is 5.20. The van der Waals surface area contributed by atoms with E-state index in [4.69, 9.17) is 21.1 Å². The van der Waals surface area contributed by atoms with E-state index in [1.165, 1.54) is 6.20 Å². The average molecular weight is 418 g/mol. The highest BCUT2D eigenvalue weighted by molar-refractivity contribution is 6.33. The van der Waals surface area contributed by atoms with Crippen LogP contribution in [-0.4, -0.2) is 53.3 Å². The van der Waals surface area contributed by atoms with Gasteiger partial charge in [-0.05, 0) is 37.7 Å². The third-order valence-corrected chi connectivity index (χ3v) is 5.45. The minimum atomic E-state index is -0.423. The fourth-order valence-corrected chi connectivity index (χ4v) is 3.67. The summed E-state index contributed by atoms with van der Waals surface area (Å²) in [4.78, 5) is 25.4. The van der Waals surface area contributed by atoms with Crippen LogP contribution in [0, 0.1) is 5.92 Å². The molecule has 1 amide bonds. The van der Waals surface area contributed by atoms with Crippen LogP contribution >= 0.6 is 11.6 Å². The molecule has 2 aliphatic heterocycles. The lowest BCUT2D eigenvalue weighted by atomic mass is 10.0. The Bertz CT molecular complexity index is 854. The SMILES string of the molecule is O=C(Nc1cc(-c2cncc(NCC3CCOCC3)n2)c(Cl)cn1)[C@@H]1CCCO1. The van der Waals surface area contributed by atoms with Gasteiger partial charge < -0.3 is 20.1 Å². The fraction of sp³-hybridized carbons (Fsp3) is 0.500. The van der Waals surface area contributed by atoms with Crippen LogP contribution in [0.5, 0.6) is 0 Å². The van der Waals surface area contributed by atoms with Crippen molar-refractivity contribution in [3.63, 3.8) is 0 Å². The van der Waals surface area contributed by atoms with Gasteiger partial charge in [0.15, 0.2) is 0 Å². The maximum Gasteiger partial charge on any atom is 0.254 e. The van der Waals surface area contributed by atoms with E-state index in [9.17, 15) is 4.79 Å². The number of nitrogens with one attached hydrogen (secondary N) is 2. The molecule has 1 atom stereocenters. The van der Waals surface area contributed by atoms with Gasteiger partial charge in [-0.3, -0.25) is 9.78 Å². The molecule has 0 aliphatic carbocycles. The summed E-state index contributed by atoms with van der Waals surface area (Å²) in [6, 6.07) is 1.71. The molecule has 0 unspecified atom stereocenters. The number of ether oxygens (including phenoxy) is 2. The van der Waals surface area contributed by atoms with Crippen LogP contribution in [0.4, 0.5) is 11.6 Å². The fourth-order valence-electron chi connectivity index (χ4n) is 3.47. The van der Waals surface area contributed by atoms with Crippen LogP contribution in [-0.2, 0) is 14.3 Å². The summed E-state index contributed by atoms with van der Waals surface area (Å²) in [7, 11) is 0. The molecule has 0 saturated carbocycles. The van der Waals surface area contributed by atoms with Crippen LogP contribution in [0.25, 0.3) is 11.3 Å². The Morgan fingerprint density at radius 1 is 1.14 bits per heavy atom. The number of pyridine rings is 1. The van der Waals surface area contributed by atoms with Crippen molar-refractivity contribution in [2.75, 3.05) is 37.0 Å². The molecule has 2 aromatic heterocycles. The van der Waals surface area contributed by atoms with Gasteiger partial charge >= 0.3 is 0 Å². The van der Waals surface area contributed by atoms with Gasteiger partial charge in [0.2, 0.25) is 0 Å². The summed E-state index contributed by atoms with van der Waals surface area (Å²) in [5, 5.41) is 6.59. The van der Waals surface area contributed by atoms with Crippen LogP contribution in [0.2, 0.25) is 5.02 Å². The summed E-state index contributed by atoms with van der Waals surface area (Å²) < 4.78 is 10.8. The Morgan fingerprint density at radius 2 is 2.00 bits per heavy atom. The van der Waals surface area contributed by atoms with E-state index in [-0.39, 0.29) is 5.91 Å². The molecule has 2 aromatic rings. The third-order valence-electron chi connectivity index (χ3n) is 5.15. The van der Waals surface area contributed by atoms with Gasteiger partial charge in [0, 0.05) is 38.1 Å². The first kappa shape index (κ1) is 20.0. The Hall–Kier alpha value is -2.29. The van der Waals surface area contributed by atoms with E-state index in [0.717, 1.165) is 45.4 Å². The quantitative estimate of drug-likeness (QED) is 0.744. The minimum absolute atomic E-state index is 0.193. The predicted octanol–water partition coefficient (Wildman–Crippen LogP) is 3.15. The summed E-state index contributed by atoms with van der Waals surface area (Å²) in [6.45, 7) is 3.06. The standard InChI is InChI=1S/C20H24ClN5O3/c21-15-10-24-18(26-20(27)17-2-1-5-29-17)8-14(15)16-11-22-12-19(25-16)23-9-13-3-6-28-7-4-13/h8,10-13,17H,1-7,9H2,(H,23,25)(H,24,26,27)/t17-/m0/s1. The van der Waals surface area contributed by atoms with E-state index >= 15 is 0 Å². The molecule has 29 heavy (non-hydrogen) atoms. The number of hydrogen-bond acceptors (Lipinski definition) is 7. The maximum absolute atomic E-state index is 12.3. The van der Waals surface area contributed by atoms with Gasteiger partial charge in [-0.2, -0.15) is 0 Å². The van der Waals surface area contributed by atoms with Crippen molar-refractivity contribution in [3.8, 4) is 11.3 Å². The molecule has 2 aliphatic rings. The van der Waals surface area contributed by atoms with Gasteiger partial charge in [-0.25, -0.2) is 9.97 Å². The normalized spacial score (nSPS) is 19.8. The second-order valence-corrected chi connectivity index (χ2v) is 7.67. The summed E-state index contributed by atoms with van der Waals surface area (Å²) in [6.07, 6.45) is 8.12. The first-order chi connectivity index (χ1) is 14.2. The predicted molar refractivity (Wildman–Crippen MR) is 110 cm³/mol. The topological polar surface area (TPSA) is 98.3 Å². The number of rotatable bonds is 6. The molecule has 0 radical (unpaired) electrons. The molecule has 0 bridgehead atoms. The summed E-state index contributed by atoms with van der Waals surface area (Å²) in [5.74, 6) is 1.47. The van der Waals surface area contributed by atoms with Crippen molar-refractivity contribution >= 4 is 29.1 Å². The lowest BCUT2D eigenvalue weighted by molar-refractivity contribution is -0.124.